The third-order valence-electron chi connectivity index (χ3n) is 4.29. The summed E-state index contributed by atoms with van der Waals surface area (Å²) in [6.07, 6.45) is 7.41. The van der Waals surface area contributed by atoms with E-state index in [0.717, 1.165) is 22.4 Å². The molecule has 3 rings (SSSR count). The van der Waals surface area contributed by atoms with Crippen molar-refractivity contribution in [2.24, 2.45) is 7.05 Å². The summed E-state index contributed by atoms with van der Waals surface area (Å²) >= 11 is 12.3. The Bertz CT molecular complexity index is 1140. The molecule has 1 aromatic carbocycles. The van der Waals surface area contributed by atoms with Gasteiger partial charge in [0.05, 0.1) is 16.8 Å². The zero-order chi connectivity index (χ0) is 19.6. The number of allylic oxidation sites excluding steroid dienone is 4. The van der Waals surface area contributed by atoms with Gasteiger partial charge in [-0.3, -0.25) is 14.3 Å². The monoisotopic (exact) mass is 401 g/mol. The minimum atomic E-state index is -0.436. The largest absolute Gasteiger partial charge is 0.298 e. The first kappa shape index (κ1) is 19.1. The van der Waals surface area contributed by atoms with Crippen LogP contribution in [0.4, 0.5) is 0 Å². The molecule has 0 aliphatic rings. The molecule has 0 fully saturated rings. The maximum absolute atomic E-state index is 12.8. The van der Waals surface area contributed by atoms with Gasteiger partial charge in [0.15, 0.2) is 11.9 Å². The van der Waals surface area contributed by atoms with Gasteiger partial charge in [0.1, 0.15) is 0 Å². The number of carbonyl (C=O) groups excluding carboxylic acids is 1. The van der Waals surface area contributed by atoms with Gasteiger partial charge in [0, 0.05) is 29.7 Å². The first-order valence-electron chi connectivity index (χ1n) is 8.25. The summed E-state index contributed by atoms with van der Waals surface area (Å²) in [7, 11) is 1.74. The number of aldehydes is 1. The molecule has 0 radical (unpaired) electrons. The summed E-state index contributed by atoms with van der Waals surface area (Å²) in [5, 5.41) is 0.546. The van der Waals surface area contributed by atoms with Gasteiger partial charge in [0.2, 0.25) is 0 Å². The van der Waals surface area contributed by atoms with Crippen molar-refractivity contribution >= 4 is 40.7 Å². The molecule has 0 N–H and O–H groups in total. The Hall–Kier alpha value is -2.63. The van der Waals surface area contributed by atoms with Crippen molar-refractivity contribution in [2.75, 3.05) is 5.88 Å². The number of benzene rings is 1. The summed E-state index contributed by atoms with van der Waals surface area (Å²) in [6, 6.07) is 7.38. The van der Waals surface area contributed by atoms with Crippen molar-refractivity contribution < 1.29 is 4.79 Å². The lowest BCUT2D eigenvalue weighted by molar-refractivity contribution is 0.112. The maximum atomic E-state index is 12.8. The van der Waals surface area contributed by atoms with Gasteiger partial charge in [-0.05, 0) is 18.6 Å². The van der Waals surface area contributed by atoms with E-state index in [0.29, 0.717) is 22.8 Å². The summed E-state index contributed by atoms with van der Waals surface area (Å²) in [5.41, 5.74) is 3.06. The van der Waals surface area contributed by atoms with E-state index in [1.54, 1.807) is 17.8 Å². The van der Waals surface area contributed by atoms with Gasteiger partial charge < -0.3 is 0 Å². The highest BCUT2D eigenvalue weighted by molar-refractivity contribution is 6.33. The summed E-state index contributed by atoms with van der Waals surface area (Å²) in [4.78, 5) is 28.4. The molecule has 5 nitrogen and oxygen atoms in total. The Balaban J connectivity index is 2.52. The van der Waals surface area contributed by atoms with E-state index in [4.69, 9.17) is 23.2 Å². The molecule has 0 atom stereocenters. The normalized spacial score (nSPS) is 12.2. The van der Waals surface area contributed by atoms with Gasteiger partial charge in [-0.1, -0.05) is 48.0 Å². The van der Waals surface area contributed by atoms with Crippen molar-refractivity contribution in [3.63, 3.8) is 0 Å². The van der Waals surface area contributed by atoms with E-state index in [2.05, 4.69) is 4.98 Å². The third-order valence-corrected chi connectivity index (χ3v) is 4.80. The zero-order valence-electron chi connectivity index (χ0n) is 14.8. The van der Waals surface area contributed by atoms with E-state index >= 15 is 0 Å². The number of fused-ring (bicyclic) bond motifs is 1. The molecule has 2 heterocycles. The predicted octanol–water partition coefficient (Wildman–Crippen LogP) is 4.36. The van der Waals surface area contributed by atoms with Crippen LogP contribution in [0.25, 0.3) is 22.5 Å². The fraction of sp³-hybridized carbons (Fsp3) is 0.150. The molecule has 0 saturated heterocycles. The van der Waals surface area contributed by atoms with Gasteiger partial charge in [-0.15, -0.1) is 11.6 Å². The highest BCUT2D eigenvalue weighted by Crippen LogP contribution is 2.36. The van der Waals surface area contributed by atoms with Crippen molar-refractivity contribution in [2.45, 2.75) is 6.92 Å². The average Bonchev–Trinajstić information content (AvgIpc) is 2.96. The van der Waals surface area contributed by atoms with Crippen LogP contribution in [0.5, 0.6) is 0 Å². The topological polar surface area (TPSA) is 56.4 Å². The Labute approximate surface area is 166 Å². The summed E-state index contributed by atoms with van der Waals surface area (Å²) in [6.45, 7) is 1.89. The van der Waals surface area contributed by atoms with E-state index in [1.165, 1.54) is 10.7 Å². The van der Waals surface area contributed by atoms with Crippen LogP contribution in [0, 0.1) is 0 Å². The standard InChI is InChI=1S/C20H17Cl2N3O2/c1-3-13(7-6-10-21)17-18(15-8-4-5-9-16(15)22)24(2)25-19(17)23-11-14(12-26)20(25)27/h3-9,11-12H,10H2,1-2H3/b7-6-,13-3+. The predicted molar refractivity (Wildman–Crippen MR) is 110 cm³/mol. The highest BCUT2D eigenvalue weighted by atomic mass is 35.5. The number of carbonyl (C=O) groups is 1. The molecule has 7 heteroatoms. The van der Waals surface area contributed by atoms with Crippen molar-refractivity contribution in [3.05, 3.63) is 75.2 Å². The molecular weight excluding hydrogens is 385 g/mol. The molecule has 2 aromatic heterocycles. The van der Waals surface area contributed by atoms with Crippen LogP contribution in [-0.2, 0) is 7.05 Å². The minimum absolute atomic E-state index is 0.0105. The zero-order valence-corrected chi connectivity index (χ0v) is 16.3. The Morgan fingerprint density at radius 2 is 2.04 bits per heavy atom. The molecular formula is C20H17Cl2N3O2. The molecule has 27 heavy (non-hydrogen) atoms. The van der Waals surface area contributed by atoms with Crippen LogP contribution < -0.4 is 5.56 Å². The first-order valence-corrected chi connectivity index (χ1v) is 9.16. The number of nitrogens with zero attached hydrogens (tertiary/aromatic N) is 3. The Morgan fingerprint density at radius 3 is 2.67 bits per heavy atom. The lowest BCUT2D eigenvalue weighted by atomic mass is 10.00. The van der Waals surface area contributed by atoms with Gasteiger partial charge in [0.25, 0.3) is 5.56 Å². The van der Waals surface area contributed by atoms with Gasteiger partial charge in [-0.2, -0.15) is 4.52 Å². The minimum Gasteiger partial charge on any atom is -0.298 e. The quantitative estimate of drug-likeness (QED) is 0.362. The van der Waals surface area contributed by atoms with Crippen LogP contribution in [0.1, 0.15) is 22.8 Å². The third kappa shape index (κ3) is 3.24. The van der Waals surface area contributed by atoms with Gasteiger partial charge in [-0.25, -0.2) is 4.98 Å². The molecule has 0 saturated carbocycles. The average molecular weight is 402 g/mol. The number of halogens is 2. The van der Waals surface area contributed by atoms with E-state index in [9.17, 15) is 9.59 Å². The second-order valence-corrected chi connectivity index (χ2v) is 6.52. The van der Waals surface area contributed by atoms with E-state index in [1.807, 2.05) is 43.4 Å². The van der Waals surface area contributed by atoms with Crippen LogP contribution in [-0.4, -0.2) is 26.3 Å². The molecule has 0 unspecified atom stereocenters. The van der Waals surface area contributed by atoms with Crippen LogP contribution in [0.2, 0.25) is 5.02 Å². The fourth-order valence-corrected chi connectivity index (χ4v) is 3.39. The Morgan fingerprint density at radius 1 is 1.30 bits per heavy atom. The molecule has 0 spiro atoms. The fourth-order valence-electron chi connectivity index (χ4n) is 3.08. The molecule has 3 aromatic rings. The summed E-state index contributed by atoms with van der Waals surface area (Å²) < 4.78 is 3.06. The number of hydrogen-bond donors (Lipinski definition) is 0. The number of aromatic nitrogens is 3. The number of hydrogen-bond acceptors (Lipinski definition) is 3. The van der Waals surface area contributed by atoms with Crippen LogP contribution in [0.15, 0.2) is 53.5 Å². The molecule has 0 aliphatic carbocycles. The molecule has 0 amide bonds. The Kier molecular flexibility index (Phi) is 5.63. The van der Waals surface area contributed by atoms with Crippen LogP contribution >= 0.6 is 23.2 Å². The lowest BCUT2D eigenvalue weighted by Gasteiger charge is -2.09. The number of aryl methyl sites for hydroxylation is 1. The highest BCUT2D eigenvalue weighted by Gasteiger charge is 2.23. The van der Waals surface area contributed by atoms with Crippen molar-refractivity contribution in [1.29, 1.82) is 0 Å². The molecule has 0 bridgehead atoms. The van der Waals surface area contributed by atoms with E-state index < -0.39 is 5.56 Å². The molecule has 138 valence electrons. The number of alkyl halides is 1. The SMILES string of the molecule is C/C=C(\C=C/CCl)c1c(-c2ccccc2Cl)n(C)n2c(=O)c(C=O)cnc12. The smallest absolute Gasteiger partial charge is 0.283 e. The number of rotatable bonds is 5. The molecule has 0 aliphatic heterocycles. The van der Waals surface area contributed by atoms with Gasteiger partial charge >= 0.3 is 0 Å². The maximum Gasteiger partial charge on any atom is 0.283 e. The second-order valence-electron chi connectivity index (χ2n) is 5.80. The summed E-state index contributed by atoms with van der Waals surface area (Å²) in [5.74, 6) is 0.353. The van der Waals surface area contributed by atoms with E-state index in [-0.39, 0.29) is 5.56 Å². The first-order chi connectivity index (χ1) is 13.0. The van der Waals surface area contributed by atoms with Crippen molar-refractivity contribution in [1.82, 2.24) is 14.2 Å². The van der Waals surface area contributed by atoms with Crippen molar-refractivity contribution in [3.8, 4) is 11.3 Å². The second kappa shape index (κ2) is 7.94. The van der Waals surface area contributed by atoms with Crippen LogP contribution in [0.3, 0.4) is 0 Å². The lowest BCUT2D eigenvalue weighted by Crippen LogP contribution is -2.23.